The summed E-state index contributed by atoms with van der Waals surface area (Å²) in [5.74, 6) is -0.114. The van der Waals surface area contributed by atoms with E-state index in [-0.39, 0.29) is 23.6 Å². The highest BCUT2D eigenvalue weighted by molar-refractivity contribution is 7.18. The molecule has 8 nitrogen and oxygen atoms in total. The van der Waals surface area contributed by atoms with Gasteiger partial charge in [-0.25, -0.2) is 10.4 Å². The summed E-state index contributed by atoms with van der Waals surface area (Å²) in [5.41, 5.74) is 3.54. The van der Waals surface area contributed by atoms with Gasteiger partial charge in [0.05, 0.1) is 17.9 Å². The lowest BCUT2D eigenvalue weighted by Crippen LogP contribution is -2.30. The highest BCUT2D eigenvalue weighted by Crippen LogP contribution is 2.35. The number of benzene rings is 1. The number of hydrogen-bond donors (Lipinski definition) is 3. The van der Waals surface area contributed by atoms with E-state index < -0.39 is 5.91 Å². The molecule has 1 atom stereocenters. The molecular weight excluding hydrogens is 392 g/mol. The van der Waals surface area contributed by atoms with Crippen LogP contribution in [0.15, 0.2) is 34.4 Å². The average Bonchev–Trinajstić information content (AvgIpc) is 3.04. The van der Waals surface area contributed by atoms with Crippen molar-refractivity contribution in [2.45, 2.75) is 32.7 Å². The van der Waals surface area contributed by atoms with Crippen molar-refractivity contribution in [3.05, 3.63) is 50.9 Å². The molecule has 150 valence electrons. The number of rotatable bonds is 4. The Bertz CT molecular complexity index is 1180. The summed E-state index contributed by atoms with van der Waals surface area (Å²) in [7, 11) is 0. The molecule has 1 aliphatic carbocycles. The topological polar surface area (TPSA) is 117 Å². The number of phenolic OH excluding ortho intramolecular Hbond substituents is 2. The zero-order chi connectivity index (χ0) is 20.5. The Balaban J connectivity index is 1.50. The number of carbonyl (C=O) groups is 1. The van der Waals surface area contributed by atoms with Crippen LogP contribution in [0.25, 0.3) is 10.2 Å². The monoisotopic (exact) mass is 412 g/mol. The highest BCUT2D eigenvalue weighted by atomic mass is 32.1. The molecule has 1 aliphatic rings. The van der Waals surface area contributed by atoms with E-state index in [0.717, 1.165) is 29.7 Å². The third-order valence-electron chi connectivity index (χ3n) is 5.00. The number of hydrogen-bond acceptors (Lipinski definition) is 7. The van der Waals surface area contributed by atoms with E-state index in [0.29, 0.717) is 16.9 Å². The first-order valence-electron chi connectivity index (χ1n) is 9.26. The molecule has 0 unspecified atom stereocenters. The molecule has 4 rings (SSSR count). The molecule has 2 heterocycles. The molecule has 9 heteroatoms. The summed E-state index contributed by atoms with van der Waals surface area (Å²) in [5, 5.41) is 23.4. The summed E-state index contributed by atoms with van der Waals surface area (Å²) in [6, 6.07) is 4.03. The van der Waals surface area contributed by atoms with E-state index in [1.807, 2.05) is 0 Å². The first kappa shape index (κ1) is 19.1. The van der Waals surface area contributed by atoms with Crippen molar-refractivity contribution in [1.82, 2.24) is 15.0 Å². The largest absolute Gasteiger partial charge is 0.508 e. The van der Waals surface area contributed by atoms with Crippen LogP contribution in [0.1, 0.15) is 29.3 Å². The van der Waals surface area contributed by atoms with Crippen molar-refractivity contribution in [2.75, 3.05) is 0 Å². The van der Waals surface area contributed by atoms with Crippen LogP contribution >= 0.6 is 11.3 Å². The van der Waals surface area contributed by atoms with Crippen LogP contribution in [0, 0.1) is 5.92 Å². The van der Waals surface area contributed by atoms with Gasteiger partial charge in [0.1, 0.15) is 22.9 Å². The number of aromatic hydroxyl groups is 2. The lowest BCUT2D eigenvalue weighted by Gasteiger charge is -2.17. The number of carbonyl (C=O) groups excluding carboxylic acids is 1. The van der Waals surface area contributed by atoms with Crippen LogP contribution in [-0.2, 0) is 24.2 Å². The van der Waals surface area contributed by atoms with E-state index in [9.17, 15) is 19.8 Å². The standard InChI is InChI=1S/C20H20N4O4S/c1-11-2-5-14-16(6-11)29-19-18(14)20(28)24(10-21-19)9-17(27)23-22-8-12-3-4-13(25)7-15(12)26/h3-4,7-8,10-11,25-26H,2,5-6,9H2,1H3,(H,23,27)/b22-8-/t11-/m0/s1. The van der Waals surface area contributed by atoms with Gasteiger partial charge in [-0.15, -0.1) is 11.3 Å². The Labute approximate surface area is 170 Å². The molecule has 1 aromatic carbocycles. The smallest absolute Gasteiger partial charge is 0.262 e. The normalized spacial score (nSPS) is 16.2. The van der Waals surface area contributed by atoms with Gasteiger partial charge in [-0.2, -0.15) is 5.10 Å². The molecule has 0 radical (unpaired) electrons. The zero-order valence-electron chi connectivity index (χ0n) is 15.8. The molecule has 0 saturated heterocycles. The Kier molecular flexibility index (Phi) is 5.06. The lowest BCUT2D eigenvalue weighted by atomic mass is 9.89. The Morgan fingerprint density at radius 1 is 1.45 bits per heavy atom. The minimum Gasteiger partial charge on any atom is -0.508 e. The Morgan fingerprint density at radius 2 is 2.28 bits per heavy atom. The number of hydrazone groups is 1. The SMILES string of the molecule is C[C@H]1CCc2c(sc3ncn(CC(=O)N/N=C\c4ccc(O)cc4O)c(=O)c23)C1. The van der Waals surface area contributed by atoms with Crippen molar-refractivity contribution in [3.63, 3.8) is 0 Å². The fourth-order valence-electron chi connectivity index (χ4n) is 3.48. The van der Waals surface area contributed by atoms with E-state index in [1.165, 1.54) is 40.2 Å². The van der Waals surface area contributed by atoms with Gasteiger partial charge in [0.25, 0.3) is 11.5 Å². The van der Waals surface area contributed by atoms with Crippen LogP contribution in [0.3, 0.4) is 0 Å². The quantitative estimate of drug-likeness (QED) is 0.448. The van der Waals surface area contributed by atoms with Gasteiger partial charge >= 0.3 is 0 Å². The third kappa shape index (κ3) is 3.86. The van der Waals surface area contributed by atoms with Gasteiger partial charge in [0.15, 0.2) is 0 Å². The lowest BCUT2D eigenvalue weighted by molar-refractivity contribution is -0.121. The maximum atomic E-state index is 12.9. The number of aromatic nitrogens is 2. The number of thiophene rings is 1. The first-order chi connectivity index (χ1) is 13.9. The number of fused-ring (bicyclic) bond motifs is 3. The molecule has 2 aromatic heterocycles. The summed E-state index contributed by atoms with van der Waals surface area (Å²) >= 11 is 1.57. The second-order valence-electron chi connectivity index (χ2n) is 7.25. The minimum atomic E-state index is -0.486. The van der Waals surface area contributed by atoms with Crippen LogP contribution < -0.4 is 11.0 Å². The summed E-state index contributed by atoms with van der Waals surface area (Å²) < 4.78 is 1.29. The van der Waals surface area contributed by atoms with E-state index in [2.05, 4.69) is 22.4 Å². The van der Waals surface area contributed by atoms with Crippen LogP contribution in [0.4, 0.5) is 0 Å². The summed E-state index contributed by atoms with van der Waals surface area (Å²) in [6.45, 7) is 2.00. The molecule has 0 aliphatic heterocycles. The van der Waals surface area contributed by atoms with E-state index in [4.69, 9.17) is 0 Å². The van der Waals surface area contributed by atoms with Gasteiger partial charge in [0, 0.05) is 16.5 Å². The van der Waals surface area contributed by atoms with Crippen molar-refractivity contribution < 1.29 is 15.0 Å². The number of phenols is 2. The number of nitrogens with one attached hydrogen (secondary N) is 1. The van der Waals surface area contributed by atoms with Gasteiger partial charge in [-0.1, -0.05) is 6.92 Å². The van der Waals surface area contributed by atoms with Crippen LogP contribution in [0.2, 0.25) is 0 Å². The highest BCUT2D eigenvalue weighted by Gasteiger charge is 2.23. The average molecular weight is 412 g/mol. The maximum Gasteiger partial charge on any atom is 0.262 e. The third-order valence-corrected chi connectivity index (χ3v) is 6.17. The fraction of sp³-hybridized carbons (Fsp3) is 0.300. The minimum absolute atomic E-state index is 0.0731. The molecule has 0 saturated carbocycles. The van der Waals surface area contributed by atoms with Crippen LogP contribution in [0.5, 0.6) is 11.5 Å². The number of amides is 1. The second-order valence-corrected chi connectivity index (χ2v) is 8.33. The molecule has 1 amide bonds. The number of nitrogens with zero attached hydrogens (tertiary/aromatic N) is 3. The predicted octanol–water partition coefficient (Wildman–Crippen LogP) is 2.14. The van der Waals surface area contributed by atoms with Gasteiger partial charge < -0.3 is 10.2 Å². The van der Waals surface area contributed by atoms with Crippen molar-refractivity contribution >= 4 is 33.7 Å². The Morgan fingerprint density at radius 3 is 3.07 bits per heavy atom. The first-order valence-corrected chi connectivity index (χ1v) is 10.1. The van der Waals surface area contributed by atoms with Crippen molar-refractivity contribution in [1.29, 1.82) is 0 Å². The molecule has 0 fully saturated rings. The van der Waals surface area contributed by atoms with Crippen molar-refractivity contribution in [3.8, 4) is 11.5 Å². The van der Waals surface area contributed by atoms with Gasteiger partial charge in [-0.3, -0.25) is 14.2 Å². The zero-order valence-corrected chi connectivity index (χ0v) is 16.6. The summed E-state index contributed by atoms with van der Waals surface area (Å²) in [6.07, 6.45) is 5.53. The maximum absolute atomic E-state index is 12.9. The predicted molar refractivity (Wildman–Crippen MR) is 111 cm³/mol. The van der Waals surface area contributed by atoms with Crippen molar-refractivity contribution in [2.24, 2.45) is 11.0 Å². The molecule has 29 heavy (non-hydrogen) atoms. The van der Waals surface area contributed by atoms with E-state index >= 15 is 0 Å². The summed E-state index contributed by atoms with van der Waals surface area (Å²) in [4.78, 5) is 31.4. The Hall–Kier alpha value is -3.20. The molecular formula is C20H20N4O4S. The molecule has 3 N–H and O–H groups in total. The van der Waals surface area contributed by atoms with Gasteiger partial charge in [0.2, 0.25) is 0 Å². The second kappa shape index (κ2) is 7.67. The van der Waals surface area contributed by atoms with E-state index in [1.54, 1.807) is 11.3 Å². The molecule has 0 spiro atoms. The molecule has 3 aromatic rings. The fourth-order valence-corrected chi connectivity index (χ4v) is 4.82. The van der Waals surface area contributed by atoms with Gasteiger partial charge in [-0.05, 0) is 42.9 Å². The molecule has 0 bridgehead atoms. The van der Waals surface area contributed by atoms with Crippen LogP contribution in [-0.4, -0.2) is 31.9 Å². The number of aryl methyl sites for hydroxylation is 1.